The Hall–Kier alpha value is -3.18. The first-order chi connectivity index (χ1) is 20.5. The zero-order valence-electron chi connectivity index (χ0n) is 24.1. The minimum Gasteiger partial charge on any atom is -0.490 e. The summed E-state index contributed by atoms with van der Waals surface area (Å²) >= 11 is 0. The number of aliphatic hydroxyl groups excluding tert-OH is 2. The van der Waals surface area contributed by atoms with Gasteiger partial charge in [0, 0.05) is 69.4 Å². The maximum Gasteiger partial charge on any atom is 0.236 e. The molecule has 10 heteroatoms. The van der Waals surface area contributed by atoms with E-state index in [1.807, 2.05) is 29.2 Å². The number of carbonyl (C=O) groups excluding carboxylic acids is 2. The Morgan fingerprint density at radius 3 is 2.60 bits per heavy atom. The summed E-state index contributed by atoms with van der Waals surface area (Å²) in [5.41, 5.74) is 4.41. The first-order valence-electron chi connectivity index (χ1n) is 15.2. The smallest absolute Gasteiger partial charge is 0.236 e. The monoisotopic (exact) mass is 578 g/mol. The average Bonchev–Trinajstić information content (AvgIpc) is 3.03. The van der Waals surface area contributed by atoms with Crippen molar-refractivity contribution >= 4 is 17.5 Å². The van der Waals surface area contributed by atoms with Crippen molar-refractivity contribution in [3.8, 4) is 5.75 Å². The molecule has 4 atom stereocenters. The molecule has 4 aliphatic rings. The zero-order chi connectivity index (χ0) is 29.1. The van der Waals surface area contributed by atoms with E-state index in [1.165, 1.54) is 11.1 Å². The van der Waals surface area contributed by atoms with Gasteiger partial charge in [0.25, 0.3) is 0 Å². The van der Waals surface area contributed by atoms with Crippen molar-refractivity contribution in [1.82, 2.24) is 15.1 Å². The average molecular weight is 579 g/mol. The molecule has 2 aromatic carbocycles. The van der Waals surface area contributed by atoms with E-state index in [2.05, 4.69) is 28.4 Å². The number of ether oxygens (including phenoxy) is 2. The molecular weight excluding hydrogens is 536 g/mol. The minimum atomic E-state index is -1.16. The molecule has 4 aliphatic heterocycles. The number of rotatable bonds is 3. The van der Waals surface area contributed by atoms with Gasteiger partial charge < -0.3 is 39.7 Å². The fraction of sp³-hybridized carbons (Fsp3) is 0.562. The molecule has 2 saturated heterocycles. The maximum atomic E-state index is 13.4. The highest BCUT2D eigenvalue weighted by Crippen LogP contribution is 2.33. The van der Waals surface area contributed by atoms with E-state index < -0.39 is 18.1 Å². The van der Waals surface area contributed by atoms with Gasteiger partial charge >= 0.3 is 0 Å². The van der Waals surface area contributed by atoms with Crippen molar-refractivity contribution in [3.05, 3.63) is 59.2 Å². The SMILES string of the molecule is O=C(C[C@@H]1CCN2C[C@@H]1[C@H](O)[C@H](O)COc1ccc(N3CCOCC3)cc1CNCC2=O)N1CCc2ccccc2C1. The van der Waals surface area contributed by atoms with Crippen LogP contribution in [0.4, 0.5) is 5.69 Å². The highest BCUT2D eigenvalue weighted by atomic mass is 16.5. The number of morpholine rings is 1. The molecule has 4 heterocycles. The first-order valence-corrected chi connectivity index (χ1v) is 15.2. The zero-order valence-corrected chi connectivity index (χ0v) is 24.1. The molecule has 42 heavy (non-hydrogen) atoms. The predicted molar refractivity (Wildman–Crippen MR) is 157 cm³/mol. The number of piperidine rings is 1. The number of hydrogen-bond acceptors (Lipinski definition) is 8. The third-order valence-corrected chi connectivity index (χ3v) is 9.33. The summed E-state index contributed by atoms with van der Waals surface area (Å²) in [5.74, 6) is 0.0286. The fourth-order valence-corrected chi connectivity index (χ4v) is 6.80. The number of anilines is 1. The molecule has 2 fully saturated rings. The van der Waals surface area contributed by atoms with Crippen molar-refractivity contribution in [1.29, 1.82) is 0 Å². The molecule has 0 spiro atoms. The normalized spacial score (nSPS) is 27.1. The van der Waals surface area contributed by atoms with Gasteiger partial charge in [-0.2, -0.15) is 0 Å². The standard InChI is InChI=1S/C32H42N4O6/c37-28-21-42-29-6-5-26(34-11-13-41-14-12-34)15-25(29)17-33-18-31(39)36-10-8-23(27(20-36)32(28)40)16-30(38)35-9-7-22-3-1-2-4-24(22)19-35/h1-6,15,23,27-28,32-33,37,40H,7-14,16-21H2/t23-,27-,28+,32-/m0/s1. The second-order valence-corrected chi connectivity index (χ2v) is 12.0. The van der Waals surface area contributed by atoms with E-state index in [1.54, 1.807) is 4.90 Å². The van der Waals surface area contributed by atoms with Gasteiger partial charge in [-0.1, -0.05) is 24.3 Å². The Labute approximate surface area is 247 Å². The van der Waals surface area contributed by atoms with Crippen LogP contribution in [0.1, 0.15) is 29.5 Å². The fourth-order valence-electron chi connectivity index (χ4n) is 6.80. The van der Waals surface area contributed by atoms with Gasteiger partial charge in [-0.05, 0) is 48.1 Å². The van der Waals surface area contributed by atoms with Crippen LogP contribution in [-0.2, 0) is 33.8 Å². The Kier molecular flexibility index (Phi) is 8.95. The van der Waals surface area contributed by atoms with Crippen LogP contribution in [0.2, 0.25) is 0 Å². The highest BCUT2D eigenvalue weighted by molar-refractivity contribution is 5.79. The van der Waals surface area contributed by atoms with Crippen LogP contribution in [0.3, 0.4) is 0 Å². The van der Waals surface area contributed by atoms with Crippen LogP contribution in [0.5, 0.6) is 5.75 Å². The van der Waals surface area contributed by atoms with Crippen molar-refractivity contribution in [2.75, 3.05) is 64.0 Å². The van der Waals surface area contributed by atoms with Crippen molar-refractivity contribution in [2.24, 2.45) is 11.8 Å². The van der Waals surface area contributed by atoms with Crippen LogP contribution in [0.25, 0.3) is 0 Å². The molecule has 2 bridgehead atoms. The van der Waals surface area contributed by atoms with Gasteiger partial charge in [0.1, 0.15) is 18.5 Å². The minimum absolute atomic E-state index is 0.0508. The lowest BCUT2D eigenvalue weighted by molar-refractivity contribution is -0.140. The summed E-state index contributed by atoms with van der Waals surface area (Å²) < 4.78 is 11.6. The summed E-state index contributed by atoms with van der Waals surface area (Å²) in [7, 11) is 0. The molecule has 2 amide bonds. The molecule has 0 unspecified atom stereocenters. The summed E-state index contributed by atoms with van der Waals surface area (Å²) in [5, 5.41) is 25.8. The lowest BCUT2D eigenvalue weighted by Crippen LogP contribution is -2.53. The number of hydrogen-bond donors (Lipinski definition) is 3. The van der Waals surface area contributed by atoms with Crippen molar-refractivity contribution in [3.63, 3.8) is 0 Å². The largest absolute Gasteiger partial charge is 0.490 e. The molecule has 0 aliphatic carbocycles. The van der Waals surface area contributed by atoms with E-state index in [0.29, 0.717) is 58.1 Å². The molecular formula is C32H42N4O6. The summed E-state index contributed by atoms with van der Waals surface area (Å²) in [4.78, 5) is 32.6. The lowest BCUT2D eigenvalue weighted by Gasteiger charge is -2.42. The summed E-state index contributed by atoms with van der Waals surface area (Å²) in [6.07, 6.45) is -0.583. The van der Waals surface area contributed by atoms with Gasteiger partial charge in [0.2, 0.25) is 11.8 Å². The number of nitrogens with one attached hydrogen (secondary N) is 1. The van der Waals surface area contributed by atoms with Crippen LogP contribution in [0, 0.1) is 11.8 Å². The van der Waals surface area contributed by atoms with Gasteiger partial charge in [-0.3, -0.25) is 9.59 Å². The molecule has 10 nitrogen and oxygen atoms in total. The van der Waals surface area contributed by atoms with E-state index in [9.17, 15) is 19.8 Å². The number of amides is 2. The number of carbonyl (C=O) groups is 2. The third kappa shape index (κ3) is 6.41. The highest BCUT2D eigenvalue weighted by Gasteiger charge is 2.40. The predicted octanol–water partition coefficient (Wildman–Crippen LogP) is 1.17. The maximum absolute atomic E-state index is 13.4. The third-order valence-electron chi connectivity index (χ3n) is 9.33. The van der Waals surface area contributed by atoms with Crippen molar-refractivity contribution in [2.45, 2.75) is 44.6 Å². The Balaban J connectivity index is 1.16. The van der Waals surface area contributed by atoms with Crippen molar-refractivity contribution < 1.29 is 29.3 Å². The van der Waals surface area contributed by atoms with Gasteiger partial charge in [-0.25, -0.2) is 0 Å². The quantitative estimate of drug-likeness (QED) is 0.498. The van der Waals surface area contributed by atoms with Crippen LogP contribution < -0.4 is 15.0 Å². The van der Waals surface area contributed by atoms with E-state index >= 15 is 0 Å². The van der Waals surface area contributed by atoms with E-state index in [4.69, 9.17) is 9.47 Å². The van der Waals surface area contributed by atoms with Gasteiger partial charge in [-0.15, -0.1) is 0 Å². The van der Waals surface area contributed by atoms with Crippen LogP contribution >= 0.6 is 0 Å². The molecule has 0 radical (unpaired) electrons. The van der Waals surface area contributed by atoms with E-state index in [-0.39, 0.29) is 37.3 Å². The molecule has 0 aromatic heterocycles. The molecule has 226 valence electrons. The second kappa shape index (κ2) is 13.0. The topological polar surface area (TPSA) is 115 Å². The molecule has 6 rings (SSSR count). The van der Waals surface area contributed by atoms with E-state index in [0.717, 1.165) is 30.8 Å². The molecule has 3 N–H and O–H groups in total. The number of fused-ring (bicyclic) bond motifs is 4. The lowest BCUT2D eigenvalue weighted by atomic mass is 9.77. The van der Waals surface area contributed by atoms with Crippen LogP contribution in [0.15, 0.2) is 42.5 Å². The summed E-state index contributed by atoms with van der Waals surface area (Å²) in [6.45, 7) is 5.57. The molecule has 0 saturated carbocycles. The van der Waals surface area contributed by atoms with Gasteiger partial charge in [0.05, 0.1) is 25.9 Å². The Bertz CT molecular complexity index is 1270. The Morgan fingerprint density at radius 1 is 0.952 bits per heavy atom. The molecule has 2 aromatic rings. The second-order valence-electron chi connectivity index (χ2n) is 12.0. The first kappa shape index (κ1) is 28.9. The number of aliphatic hydroxyl groups is 2. The van der Waals surface area contributed by atoms with Gasteiger partial charge in [0.15, 0.2) is 0 Å². The van der Waals surface area contributed by atoms with Crippen LogP contribution in [-0.4, -0.2) is 103 Å². The number of nitrogens with zero attached hydrogens (tertiary/aromatic N) is 3. The number of benzene rings is 2. The Morgan fingerprint density at radius 2 is 1.76 bits per heavy atom. The summed E-state index contributed by atoms with van der Waals surface area (Å²) in [6, 6.07) is 14.2.